The van der Waals surface area contributed by atoms with Crippen LogP contribution in [0.5, 0.6) is 0 Å². The first-order valence-electron chi connectivity index (χ1n) is 5.41. The number of rotatable bonds is 1. The number of hydrogen-bond acceptors (Lipinski definition) is 4. The van der Waals surface area contributed by atoms with E-state index < -0.39 is 0 Å². The van der Waals surface area contributed by atoms with Gasteiger partial charge in [0.2, 0.25) is 0 Å². The molecule has 16 heavy (non-hydrogen) atoms. The molecule has 3 nitrogen and oxygen atoms in total. The van der Waals surface area contributed by atoms with E-state index in [4.69, 9.17) is 0 Å². The Morgan fingerprint density at radius 2 is 2.31 bits per heavy atom. The standard InChI is InChI=1S/C12H12N2OS/c15-8-4-5-11-10(7-8)14-12(16-11)9-3-1-2-6-13-9/h1-3,6,8,15H,4-5,7H2. The van der Waals surface area contributed by atoms with Crippen molar-refractivity contribution >= 4 is 11.3 Å². The third-order valence-corrected chi connectivity index (χ3v) is 3.98. The molecular formula is C12H12N2OS. The average molecular weight is 232 g/mol. The molecule has 1 N–H and O–H groups in total. The van der Waals surface area contributed by atoms with Gasteiger partial charge in [-0.1, -0.05) is 6.07 Å². The third kappa shape index (κ3) is 1.74. The average Bonchev–Trinajstić information content (AvgIpc) is 2.73. The van der Waals surface area contributed by atoms with Gasteiger partial charge in [-0.15, -0.1) is 11.3 Å². The highest BCUT2D eigenvalue weighted by atomic mass is 32.1. The summed E-state index contributed by atoms with van der Waals surface area (Å²) in [5, 5.41) is 10.6. The van der Waals surface area contributed by atoms with Crippen LogP contribution < -0.4 is 0 Å². The minimum absolute atomic E-state index is 0.216. The van der Waals surface area contributed by atoms with E-state index in [1.54, 1.807) is 17.5 Å². The fourth-order valence-electron chi connectivity index (χ4n) is 1.96. The van der Waals surface area contributed by atoms with Crippen LogP contribution in [0.25, 0.3) is 10.7 Å². The van der Waals surface area contributed by atoms with Gasteiger partial charge >= 0.3 is 0 Å². The molecule has 3 rings (SSSR count). The predicted octanol–water partition coefficient (Wildman–Crippen LogP) is 2.05. The zero-order chi connectivity index (χ0) is 11.0. The lowest BCUT2D eigenvalue weighted by atomic mass is 10.0. The van der Waals surface area contributed by atoms with E-state index in [9.17, 15) is 5.11 Å². The molecule has 82 valence electrons. The van der Waals surface area contributed by atoms with Gasteiger partial charge in [0.15, 0.2) is 0 Å². The van der Waals surface area contributed by atoms with Gasteiger partial charge in [0.25, 0.3) is 0 Å². The number of thiazole rings is 1. The largest absolute Gasteiger partial charge is 0.393 e. The first-order valence-corrected chi connectivity index (χ1v) is 6.22. The molecule has 1 unspecified atom stereocenters. The number of aliphatic hydroxyl groups is 1. The number of pyridine rings is 1. The van der Waals surface area contributed by atoms with Crippen LogP contribution in [-0.2, 0) is 12.8 Å². The Labute approximate surface area is 97.8 Å². The van der Waals surface area contributed by atoms with E-state index in [1.807, 2.05) is 18.2 Å². The molecule has 0 aromatic carbocycles. The lowest BCUT2D eigenvalue weighted by Gasteiger charge is -2.14. The summed E-state index contributed by atoms with van der Waals surface area (Å²) in [5.74, 6) is 0. The van der Waals surface area contributed by atoms with Crippen LogP contribution in [0.15, 0.2) is 24.4 Å². The van der Waals surface area contributed by atoms with Gasteiger partial charge in [0.05, 0.1) is 17.5 Å². The topological polar surface area (TPSA) is 46.0 Å². The van der Waals surface area contributed by atoms with Gasteiger partial charge < -0.3 is 5.11 Å². The molecule has 0 spiro atoms. The summed E-state index contributed by atoms with van der Waals surface area (Å²) in [4.78, 5) is 10.2. The summed E-state index contributed by atoms with van der Waals surface area (Å²) in [7, 11) is 0. The highest BCUT2D eigenvalue weighted by Crippen LogP contribution is 2.31. The third-order valence-electron chi connectivity index (χ3n) is 2.80. The fourth-order valence-corrected chi connectivity index (χ4v) is 3.04. The van der Waals surface area contributed by atoms with Crippen molar-refractivity contribution in [3.63, 3.8) is 0 Å². The first kappa shape index (κ1) is 9.93. The van der Waals surface area contributed by atoms with E-state index >= 15 is 0 Å². The van der Waals surface area contributed by atoms with Crippen LogP contribution in [0.3, 0.4) is 0 Å². The lowest BCUT2D eigenvalue weighted by molar-refractivity contribution is 0.158. The summed E-state index contributed by atoms with van der Waals surface area (Å²) in [6.07, 6.45) is 4.06. The summed E-state index contributed by atoms with van der Waals surface area (Å²) in [5.41, 5.74) is 1.99. The number of fused-ring (bicyclic) bond motifs is 1. The molecule has 1 aliphatic rings. The summed E-state index contributed by atoms with van der Waals surface area (Å²) < 4.78 is 0. The van der Waals surface area contributed by atoms with Crippen LogP contribution in [0.2, 0.25) is 0 Å². The van der Waals surface area contributed by atoms with Crippen molar-refractivity contribution in [3.05, 3.63) is 35.0 Å². The Morgan fingerprint density at radius 1 is 1.38 bits per heavy atom. The van der Waals surface area contributed by atoms with Gasteiger partial charge in [-0.05, 0) is 25.0 Å². The van der Waals surface area contributed by atoms with E-state index in [0.29, 0.717) is 6.42 Å². The Kier molecular flexibility index (Phi) is 2.46. The van der Waals surface area contributed by atoms with Gasteiger partial charge in [0.1, 0.15) is 5.01 Å². The molecule has 2 heterocycles. The molecule has 1 aliphatic carbocycles. The Hall–Kier alpha value is -1.26. The van der Waals surface area contributed by atoms with E-state index in [1.165, 1.54) is 4.88 Å². The van der Waals surface area contributed by atoms with Gasteiger partial charge in [-0.25, -0.2) is 4.98 Å². The smallest absolute Gasteiger partial charge is 0.142 e. The zero-order valence-electron chi connectivity index (χ0n) is 8.76. The molecule has 1 atom stereocenters. The maximum absolute atomic E-state index is 9.58. The monoisotopic (exact) mass is 232 g/mol. The number of nitrogens with zero attached hydrogens (tertiary/aromatic N) is 2. The summed E-state index contributed by atoms with van der Waals surface area (Å²) in [6.45, 7) is 0. The summed E-state index contributed by atoms with van der Waals surface area (Å²) >= 11 is 1.71. The Bertz CT molecular complexity index is 495. The van der Waals surface area contributed by atoms with Gasteiger partial charge in [0, 0.05) is 17.5 Å². The second-order valence-corrected chi connectivity index (χ2v) is 5.08. The molecule has 0 saturated carbocycles. The Balaban J connectivity index is 1.99. The zero-order valence-corrected chi connectivity index (χ0v) is 9.57. The maximum Gasteiger partial charge on any atom is 0.142 e. The highest BCUT2D eigenvalue weighted by Gasteiger charge is 2.21. The van der Waals surface area contributed by atoms with Crippen LogP contribution in [0.4, 0.5) is 0 Å². The van der Waals surface area contributed by atoms with Gasteiger partial charge in [-0.3, -0.25) is 4.98 Å². The van der Waals surface area contributed by atoms with E-state index in [-0.39, 0.29) is 6.10 Å². The fraction of sp³-hybridized carbons (Fsp3) is 0.333. The maximum atomic E-state index is 9.58. The van der Waals surface area contributed by atoms with Crippen molar-refractivity contribution in [3.8, 4) is 10.7 Å². The minimum atomic E-state index is -0.216. The number of aromatic nitrogens is 2. The molecule has 2 aromatic heterocycles. The van der Waals surface area contributed by atoms with Crippen LogP contribution in [0, 0.1) is 0 Å². The Morgan fingerprint density at radius 3 is 3.12 bits per heavy atom. The van der Waals surface area contributed by atoms with Crippen molar-refractivity contribution < 1.29 is 5.11 Å². The molecule has 0 amide bonds. The molecule has 2 aromatic rings. The highest BCUT2D eigenvalue weighted by molar-refractivity contribution is 7.15. The quantitative estimate of drug-likeness (QED) is 0.818. The van der Waals surface area contributed by atoms with Crippen molar-refractivity contribution in [2.45, 2.75) is 25.4 Å². The normalized spacial score (nSPS) is 19.4. The van der Waals surface area contributed by atoms with E-state index in [2.05, 4.69) is 9.97 Å². The van der Waals surface area contributed by atoms with Crippen molar-refractivity contribution in [1.82, 2.24) is 9.97 Å². The van der Waals surface area contributed by atoms with Crippen LogP contribution >= 0.6 is 11.3 Å². The molecule has 0 radical (unpaired) electrons. The van der Waals surface area contributed by atoms with Crippen molar-refractivity contribution in [2.24, 2.45) is 0 Å². The SMILES string of the molecule is OC1CCc2sc(-c3ccccn3)nc2C1. The number of hydrogen-bond donors (Lipinski definition) is 1. The van der Waals surface area contributed by atoms with E-state index in [0.717, 1.165) is 29.2 Å². The molecule has 0 fully saturated rings. The minimum Gasteiger partial charge on any atom is -0.393 e. The molecule has 0 saturated heterocycles. The molecule has 0 bridgehead atoms. The first-order chi connectivity index (χ1) is 7.83. The van der Waals surface area contributed by atoms with Gasteiger partial charge in [-0.2, -0.15) is 0 Å². The van der Waals surface area contributed by atoms with Crippen LogP contribution in [0.1, 0.15) is 17.0 Å². The van der Waals surface area contributed by atoms with Crippen molar-refractivity contribution in [2.75, 3.05) is 0 Å². The van der Waals surface area contributed by atoms with Crippen LogP contribution in [-0.4, -0.2) is 21.2 Å². The number of aliphatic hydroxyl groups excluding tert-OH is 1. The summed E-state index contributed by atoms with van der Waals surface area (Å²) in [6, 6.07) is 5.85. The molecular weight excluding hydrogens is 220 g/mol. The predicted molar refractivity (Wildman–Crippen MR) is 63.4 cm³/mol. The number of aryl methyl sites for hydroxylation is 1. The molecule has 4 heteroatoms. The molecule has 0 aliphatic heterocycles. The second kappa shape index (κ2) is 3.96. The lowest BCUT2D eigenvalue weighted by Crippen LogP contribution is -2.17. The van der Waals surface area contributed by atoms with Crippen molar-refractivity contribution in [1.29, 1.82) is 0 Å². The second-order valence-electron chi connectivity index (χ2n) is 4.00.